The molecule has 0 radical (unpaired) electrons. The molecule has 0 bridgehead atoms. The predicted octanol–water partition coefficient (Wildman–Crippen LogP) is 2.84. The van der Waals surface area contributed by atoms with Crippen LogP contribution in [-0.2, 0) is 4.74 Å². The molecule has 7 nitrogen and oxygen atoms in total. The number of thiophene rings is 1. The van der Waals surface area contributed by atoms with Crippen LogP contribution in [-0.4, -0.2) is 29.2 Å². The van der Waals surface area contributed by atoms with E-state index in [0.29, 0.717) is 5.89 Å². The van der Waals surface area contributed by atoms with E-state index in [9.17, 15) is 9.59 Å². The number of benzene rings is 1. The highest BCUT2D eigenvalue weighted by Gasteiger charge is 2.19. The Labute approximate surface area is 134 Å². The van der Waals surface area contributed by atoms with Crippen LogP contribution < -0.4 is 5.32 Å². The normalized spacial score (nSPS) is 10.3. The summed E-state index contributed by atoms with van der Waals surface area (Å²) in [6.07, 6.45) is 0. The molecular weight excluding hydrogens is 318 g/mol. The van der Waals surface area contributed by atoms with Crippen molar-refractivity contribution in [3.63, 3.8) is 0 Å². The summed E-state index contributed by atoms with van der Waals surface area (Å²) in [7, 11) is 1.25. The number of hydrogen-bond donors (Lipinski definition) is 1. The van der Waals surface area contributed by atoms with Crippen LogP contribution in [0.1, 0.15) is 20.7 Å². The average molecular weight is 329 g/mol. The molecule has 2 heterocycles. The Morgan fingerprint density at radius 1 is 1.13 bits per heavy atom. The summed E-state index contributed by atoms with van der Waals surface area (Å²) in [5, 5.41) is 12.0. The first kappa shape index (κ1) is 14.9. The largest absolute Gasteiger partial charge is 0.465 e. The minimum absolute atomic E-state index is 0.0435. The maximum Gasteiger partial charge on any atom is 0.338 e. The minimum Gasteiger partial charge on any atom is -0.465 e. The smallest absolute Gasteiger partial charge is 0.338 e. The fourth-order valence-corrected chi connectivity index (χ4v) is 2.55. The number of aromatic nitrogens is 2. The third-order valence-corrected chi connectivity index (χ3v) is 3.81. The number of carbonyl (C=O) groups excluding carboxylic acids is 2. The van der Waals surface area contributed by atoms with Crippen molar-refractivity contribution in [2.45, 2.75) is 0 Å². The second-order valence-corrected chi connectivity index (χ2v) is 5.33. The van der Waals surface area contributed by atoms with Crippen molar-refractivity contribution in [3.05, 3.63) is 52.9 Å². The zero-order chi connectivity index (χ0) is 16.2. The van der Waals surface area contributed by atoms with Gasteiger partial charge in [-0.05, 0) is 23.6 Å². The van der Waals surface area contributed by atoms with Gasteiger partial charge in [-0.25, -0.2) is 4.79 Å². The predicted molar refractivity (Wildman–Crippen MR) is 83.3 cm³/mol. The molecule has 0 saturated heterocycles. The maximum atomic E-state index is 12.3. The van der Waals surface area contributed by atoms with Crippen LogP contribution >= 0.6 is 11.3 Å². The zero-order valence-electron chi connectivity index (χ0n) is 12.0. The van der Waals surface area contributed by atoms with Crippen molar-refractivity contribution in [3.8, 4) is 10.8 Å². The molecule has 0 atom stereocenters. The van der Waals surface area contributed by atoms with Crippen molar-refractivity contribution in [1.29, 1.82) is 0 Å². The molecule has 3 aromatic rings. The Balaban J connectivity index is 1.82. The minimum atomic E-state index is -0.597. The molecule has 1 aromatic carbocycles. The van der Waals surface area contributed by atoms with Crippen LogP contribution in [0.25, 0.3) is 10.8 Å². The molecule has 1 amide bonds. The molecule has 0 unspecified atom stereocenters. The summed E-state index contributed by atoms with van der Waals surface area (Å²) >= 11 is 1.44. The standard InChI is InChI=1S/C15H11N3O4S/c1-21-14(20)10-6-3-2-5-9(10)12(19)16-15-18-17-13(22-15)11-7-4-8-23-11/h2-8H,1H3,(H,16,18,19). The highest BCUT2D eigenvalue weighted by molar-refractivity contribution is 7.13. The van der Waals surface area contributed by atoms with Crippen LogP contribution in [0.15, 0.2) is 46.2 Å². The Bertz CT molecular complexity index is 842. The second kappa shape index (κ2) is 6.41. The molecule has 0 aliphatic heterocycles. The van der Waals surface area contributed by atoms with E-state index in [4.69, 9.17) is 4.42 Å². The Morgan fingerprint density at radius 3 is 2.61 bits per heavy atom. The number of esters is 1. The molecule has 0 spiro atoms. The summed E-state index contributed by atoms with van der Waals surface area (Å²) in [5.41, 5.74) is 0.320. The highest BCUT2D eigenvalue weighted by atomic mass is 32.1. The molecule has 23 heavy (non-hydrogen) atoms. The molecule has 116 valence electrons. The lowest BCUT2D eigenvalue weighted by molar-refractivity contribution is 0.0597. The quantitative estimate of drug-likeness (QED) is 0.740. The summed E-state index contributed by atoms with van der Waals surface area (Å²) in [5.74, 6) is -0.815. The van der Waals surface area contributed by atoms with E-state index in [1.807, 2.05) is 17.5 Å². The van der Waals surface area contributed by atoms with E-state index < -0.39 is 11.9 Å². The Kier molecular flexibility index (Phi) is 4.15. The van der Waals surface area contributed by atoms with Crippen LogP contribution in [0, 0.1) is 0 Å². The van der Waals surface area contributed by atoms with Gasteiger partial charge in [-0.3, -0.25) is 10.1 Å². The number of hydrogen-bond acceptors (Lipinski definition) is 7. The van der Waals surface area contributed by atoms with Gasteiger partial charge in [0.1, 0.15) is 0 Å². The van der Waals surface area contributed by atoms with E-state index >= 15 is 0 Å². The van der Waals surface area contributed by atoms with Crippen LogP contribution in [0.4, 0.5) is 6.01 Å². The summed E-state index contributed by atoms with van der Waals surface area (Å²) in [6, 6.07) is 9.95. The summed E-state index contributed by atoms with van der Waals surface area (Å²) < 4.78 is 10.0. The van der Waals surface area contributed by atoms with Gasteiger partial charge in [0.05, 0.1) is 23.1 Å². The fourth-order valence-electron chi connectivity index (χ4n) is 1.91. The number of carbonyl (C=O) groups is 2. The molecule has 3 rings (SSSR count). The molecule has 0 aliphatic carbocycles. The van der Waals surface area contributed by atoms with E-state index in [-0.39, 0.29) is 17.1 Å². The first-order chi connectivity index (χ1) is 11.2. The number of nitrogens with zero attached hydrogens (tertiary/aromatic N) is 2. The third kappa shape index (κ3) is 3.11. The van der Waals surface area contributed by atoms with Gasteiger partial charge >= 0.3 is 12.0 Å². The lowest BCUT2D eigenvalue weighted by Crippen LogP contribution is -2.17. The SMILES string of the molecule is COC(=O)c1ccccc1C(=O)Nc1nnc(-c2cccs2)o1. The van der Waals surface area contributed by atoms with Gasteiger partial charge in [0, 0.05) is 0 Å². The van der Waals surface area contributed by atoms with Gasteiger partial charge in [-0.2, -0.15) is 0 Å². The highest BCUT2D eigenvalue weighted by Crippen LogP contribution is 2.24. The molecule has 0 fully saturated rings. The van der Waals surface area contributed by atoms with E-state index in [1.54, 1.807) is 12.1 Å². The van der Waals surface area contributed by atoms with Gasteiger partial charge in [0.25, 0.3) is 11.8 Å². The van der Waals surface area contributed by atoms with Crippen molar-refractivity contribution >= 4 is 29.2 Å². The van der Waals surface area contributed by atoms with Gasteiger partial charge in [-0.15, -0.1) is 16.4 Å². The van der Waals surface area contributed by atoms with Crippen molar-refractivity contribution in [2.75, 3.05) is 12.4 Å². The lowest BCUT2D eigenvalue weighted by Gasteiger charge is -2.06. The maximum absolute atomic E-state index is 12.3. The monoisotopic (exact) mass is 329 g/mol. The molecule has 0 saturated carbocycles. The summed E-state index contributed by atoms with van der Waals surface area (Å²) in [4.78, 5) is 24.8. The van der Waals surface area contributed by atoms with Crippen molar-refractivity contribution < 1.29 is 18.7 Å². The van der Waals surface area contributed by atoms with E-state index in [0.717, 1.165) is 4.88 Å². The average Bonchev–Trinajstić information content (AvgIpc) is 3.25. The van der Waals surface area contributed by atoms with Gasteiger partial charge in [-0.1, -0.05) is 23.3 Å². The molecule has 0 aliphatic rings. The number of nitrogens with one attached hydrogen (secondary N) is 1. The van der Waals surface area contributed by atoms with Gasteiger partial charge in [0.2, 0.25) is 0 Å². The van der Waals surface area contributed by atoms with Crippen LogP contribution in [0.5, 0.6) is 0 Å². The second-order valence-electron chi connectivity index (χ2n) is 4.38. The van der Waals surface area contributed by atoms with E-state index in [2.05, 4.69) is 20.3 Å². The van der Waals surface area contributed by atoms with Crippen LogP contribution in [0.3, 0.4) is 0 Å². The van der Waals surface area contributed by atoms with Crippen molar-refractivity contribution in [1.82, 2.24) is 10.2 Å². The molecule has 2 aromatic heterocycles. The van der Waals surface area contributed by atoms with Crippen molar-refractivity contribution in [2.24, 2.45) is 0 Å². The number of amides is 1. The van der Waals surface area contributed by atoms with Gasteiger partial charge in [0.15, 0.2) is 0 Å². The zero-order valence-corrected chi connectivity index (χ0v) is 12.8. The summed E-state index contributed by atoms with van der Waals surface area (Å²) in [6.45, 7) is 0. The fraction of sp³-hybridized carbons (Fsp3) is 0.0667. The van der Waals surface area contributed by atoms with Gasteiger partial charge < -0.3 is 9.15 Å². The lowest BCUT2D eigenvalue weighted by atomic mass is 10.1. The number of methoxy groups -OCH3 is 1. The molecule has 1 N–H and O–H groups in total. The Hall–Kier alpha value is -3.00. The third-order valence-electron chi connectivity index (χ3n) is 2.95. The topological polar surface area (TPSA) is 94.3 Å². The van der Waals surface area contributed by atoms with Crippen LogP contribution in [0.2, 0.25) is 0 Å². The molecular formula is C15H11N3O4S. The first-order valence-electron chi connectivity index (χ1n) is 6.55. The van der Waals surface area contributed by atoms with E-state index in [1.165, 1.54) is 30.6 Å². The molecule has 8 heteroatoms. The Morgan fingerprint density at radius 2 is 1.91 bits per heavy atom. The number of rotatable bonds is 4. The number of anilines is 1. The first-order valence-corrected chi connectivity index (χ1v) is 7.43. The number of ether oxygens (including phenoxy) is 1.